The number of benzene rings is 1. The van der Waals surface area contributed by atoms with Crippen molar-refractivity contribution in [2.24, 2.45) is 0 Å². The minimum Gasteiger partial charge on any atom is -0.512 e. The van der Waals surface area contributed by atoms with Gasteiger partial charge in [-0.3, -0.25) is 0 Å². The third-order valence-corrected chi connectivity index (χ3v) is 1.74. The van der Waals surface area contributed by atoms with Crippen molar-refractivity contribution in [2.45, 2.75) is 0 Å². The highest BCUT2D eigenvalue weighted by Gasteiger charge is 2.11. The second kappa shape index (κ2) is 3.89. The molecule has 0 aliphatic carbocycles. The molecule has 2 N–H and O–H groups in total. The molecule has 0 heterocycles. The van der Waals surface area contributed by atoms with Crippen molar-refractivity contribution in [1.29, 1.82) is 0 Å². The maximum atomic E-state index is 12.6. The first-order chi connectivity index (χ1) is 5.59. The van der Waals surface area contributed by atoms with Gasteiger partial charge >= 0.3 is 7.32 Å². The van der Waals surface area contributed by atoms with Crippen molar-refractivity contribution < 1.29 is 19.1 Å². The van der Waals surface area contributed by atoms with E-state index >= 15 is 0 Å². The minimum absolute atomic E-state index is 0.179. The summed E-state index contributed by atoms with van der Waals surface area (Å²) in [7, 11) is -1.89. The Balaban J connectivity index is 2.82. The molecule has 0 spiro atoms. The lowest BCUT2D eigenvalue weighted by Crippen LogP contribution is -2.20. The number of halogens is 2. The van der Waals surface area contributed by atoms with Crippen molar-refractivity contribution in [3.63, 3.8) is 0 Å². The van der Waals surface area contributed by atoms with Gasteiger partial charge in [-0.1, -0.05) is 0 Å². The lowest BCUT2D eigenvalue weighted by atomic mass is 10.2. The predicted octanol–water partition coefficient (Wildman–Crippen LogP) is 0.936. The highest BCUT2D eigenvalue weighted by atomic mass is 79.9. The zero-order chi connectivity index (χ0) is 9.14. The van der Waals surface area contributed by atoms with E-state index in [1.807, 2.05) is 0 Å². The van der Waals surface area contributed by atoms with Crippen molar-refractivity contribution in [3.8, 4) is 5.75 Å². The van der Waals surface area contributed by atoms with Gasteiger partial charge in [0.2, 0.25) is 0 Å². The van der Waals surface area contributed by atoms with Crippen LogP contribution < -0.4 is 4.65 Å². The summed E-state index contributed by atoms with van der Waals surface area (Å²) in [5, 5.41) is 16.8. The fourth-order valence-electron chi connectivity index (χ4n) is 0.672. The smallest absolute Gasteiger partial charge is 0.512 e. The molecule has 0 aromatic heterocycles. The molecule has 0 aliphatic heterocycles. The van der Waals surface area contributed by atoms with Crippen LogP contribution in [0.5, 0.6) is 5.75 Å². The van der Waals surface area contributed by atoms with Crippen molar-refractivity contribution in [1.82, 2.24) is 0 Å². The van der Waals surface area contributed by atoms with E-state index in [0.29, 0.717) is 0 Å². The molecule has 1 aromatic carbocycles. The SMILES string of the molecule is OB(O)Oc1ccc(F)c(Br)c1. The molecule has 0 saturated carbocycles. The average molecular weight is 235 g/mol. The van der Waals surface area contributed by atoms with Gasteiger partial charge < -0.3 is 14.7 Å². The van der Waals surface area contributed by atoms with Gasteiger partial charge in [0.05, 0.1) is 4.47 Å². The van der Waals surface area contributed by atoms with Gasteiger partial charge in [-0.05, 0) is 34.1 Å². The molecule has 0 aliphatic rings. The summed E-state index contributed by atoms with van der Waals surface area (Å²) in [6.07, 6.45) is 0. The van der Waals surface area contributed by atoms with Crippen LogP contribution in [0.4, 0.5) is 4.39 Å². The van der Waals surface area contributed by atoms with Gasteiger partial charge in [-0.2, -0.15) is 0 Å². The lowest BCUT2D eigenvalue weighted by Gasteiger charge is -2.04. The van der Waals surface area contributed by atoms with Gasteiger partial charge in [0.25, 0.3) is 0 Å². The Hall–Kier alpha value is -0.585. The molecule has 0 radical (unpaired) electrons. The summed E-state index contributed by atoms with van der Waals surface area (Å²) < 4.78 is 17.3. The summed E-state index contributed by atoms with van der Waals surface area (Å²) in [5.41, 5.74) is 0. The molecule has 0 fully saturated rings. The number of hydrogen-bond donors (Lipinski definition) is 2. The topological polar surface area (TPSA) is 49.7 Å². The van der Waals surface area contributed by atoms with E-state index in [0.717, 1.165) is 6.07 Å². The Morgan fingerprint density at radius 3 is 2.58 bits per heavy atom. The van der Waals surface area contributed by atoms with Crippen LogP contribution in [0.15, 0.2) is 22.7 Å². The zero-order valence-electron chi connectivity index (χ0n) is 5.87. The highest BCUT2D eigenvalue weighted by molar-refractivity contribution is 9.10. The van der Waals surface area contributed by atoms with E-state index in [1.54, 1.807) is 0 Å². The Labute approximate surface area is 77.1 Å². The van der Waals surface area contributed by atoms with E-state index in [9.17, 15) is 4.39 Å². The normalized spacial score (nSPS) is 9.67. The molecule has 1 rings (SSSR count). The zero-order valence-corrected chi connectivity index (χ0v) is 7.45. The molecule has 3 nitrogen and oxygen atoms in total. The van der Waals surface area contributed by atoms with Gasteiger partial charge in [0, 0.05) is 0 Å². The lowest BCUT2D eigenvalue weighted by molar-refractivity contribution is 0.288. The molecule has 0 unspecified atom stereocenters. The molecule has 0 saturated heterocycles. The minimum atomic E-state index is -1.89. The maximum absolute atomic E-state index is 12.6. The predicted molar refractivity (Wildman–Crippen MR) is 44.9 cm³/mol. The molecule has 0 amide bonds. The summed E-state index contributed by atoms with van der Waals surface area (Å²) in [6, 6.07) is 3.75. The van der Waals surface area contributed by atoms with Gasteiger partial charge in [-0.25, -0.2) is 4.39 Å². The molecule has 0 bridgehead atoms. The van der Waals surface area contributed by atoms with Crippen LogP contribution in [0.2, 0.25) is 0 Å². The Morgan fingerprint density at radius 2 is 2.08 bits per heavy atom. The van der Waals surface area contributed by atoms with Crippen LogP contribution in [-0.4, -0.2) is 17.4 Å². The standard InChI is InChI=1S/C6H5BBrFO3/c8-5-3-4(12-7(10)11)1-2-6(5)9/h1-3,10-11H. The molecule has 1 aromatic rings. The fraction of sp³-hybridized carbons (Fsp3) is 0. The van der Waals surface area contributed by atoms with Crippen LogP contribution in [0.1, 0.15) is 0 Å². The van der Waals surface area contributed by atoms with Crippen LogP contribution in [0.3, 0.4) is 0 Å². The summed E-state index contributed by atoms with van der Waals surface area (Å²) in [4.78, 5) is 0. The summed E-state index contributed by atoms with van der Waals surface area (Å²) in [5.74, 6) is -0.256. The van der Waals surface area contributed by atoms with E-state index in [-0.39, 0.29) is 10.2 Å². The van der Waals surface area contributed by atoms with E-state index in [4.69, 9.17) is 10.0 Å². The maximum Gasteiger partial charge on any atom is 0.707 e. The number of hydrogen-bond acceptors (Lipinski definition) is 3. The molecule has 12 heavy (non-hydrogen) atoms. The van der Waals surface area contributed by atoms with Gasteiger partial charge in [-0.15, -0.1) is 0 Å². The van der Waals surface area contributed by atoms with Crippen LogP contribution in [-0.2, 0) is 0 Å². The second-order valence-corrected chi connectivity index (χ2v) is 2.87. The summed E-state index contributed by atoms with van der Waals surface area (Å²) >= 11 is 2.92. The van der Waals surface area contributed by atoms with Gasteiger partial charge in [0.1, 0.15) is 11.6 Å². The highest BCUT2D eigenvalue weighted by Crippen LogP contribution is 2.21. The quantitative estimate of drug-likeness (QED) is 0.749. The van der Waals surface area contributed by atoms with Crippen LogP contribution in [0.25, 0.3) is 0 Å². The first kappa shape index (κ1) is 9.50. The van der Waals surface area contributed by atoms with Crippen molar-refractivity contribution >= 4 is 23.3 Å². The van der Waals surface area contributed by atoms with E-state index in [2.05, 4.69) is 20.6 Å². The second-order valence-electron chi connectivity index (χ2n) is 2.02. The summed E-state index contributed by atoms with van der Waals surface area (Å²) in [6.45, 7) is 0. The average Bonchev–Trinajstić information content (AvgIpc) is 1.96. The van der Waals surface area contributed by atoms with Crippen LogP contribution >= 0.6 is 15.9 Å². The molecule has 64 valence electrons. The first-order valence-corrected chi connectivity index (χ1v) is 3.87. The first-order valence-electron chi connectivity index (χ1n) is 3.07. The largest absolute Gasteiger partial charge is 0.707 e. The molecular formula is C6H5BBrFO3. The monoisotopic (exact) mass is 234 g/mol. The fourth-order valence-corrected chi connectivity index (χ4v) is 1.03. The Bertz CT molecular complexity index is 281. The van der Waals surface area contributed by atoms with Crippen molar-refractivity contribution in [2.75, 3.05) is 0 Å². The van der Waals surface area contributed by atoms with Crippen molar-refractivity contribution in [3.05, 3.63) is 28.5 Å². The number of rotatable bonds is 2. The Kier molecular flexibility index (Phi) is 3.08. The third kappa shape index (κ3) is 2.47. The van der Waals surface area contributed by atoms with Gasteiger partial charge in [0.15, 0.2) is 0 Å². The van der Waals surface area contributed by atoms with E-state index in [1.165, 1.54) is 12.1 Å². The molecular weight excluding hydrogens is 230 g/mol. The Morgan fingerprint density at radius 1 is 1.42 bits per heavy atom. The molecule has 0 atom stereocenters. The third-order valence-electron chi connectivity index (χ3n) is 1.13. The van der Waals surface area contributed by atoms with E-state index < -0.39 is 13.1 Å². The van der Waals surface area contributed by atoms with Crippen LogP contribution in [0, 0.1) is 5.82 Å². The molecule has 6 heteroatoms.